The van der Waals surface area contributed by atoms with Crippen molar-refractivity contribution in [2.24, 2.45) is 0 Å². The van der Waals surface area contributed by atoms with E-state index in [-0.39, 0.29) is 0 Å². The zero-order valence-electron chi connectivity index (χ0n) is 15.8. The number of allylic oxidation sites excluding steroid dienone is 1. The number of ether oxygens (including phenoxy) is 2. The molecule has 0 atom stereocenters. The number of morpholine rings is 1. The first-order chi connectivity index (χ1) is 13.1. The lowest BCUT2D eigenvalue weighted by molar-refractivity contribution is -0.130. The zero-order valence-corrected chi connectivity index (χ0v) is 15.8. The number of hydrogen-bond acceptors (Lipinski definition) is 4. The smallest absolute Gasteiger partial charge is 0.336 e. The van der Waals surface area contributed by atoms with Crippen molar-refractivity contribution in [1.29, 1.82) is 0 Å². The number of anilines is 1. The quantitative estimate of drug-likeness (QED) is 0.783. The molecule has 0 unspecified atom stereocenters. The number of carboxylic acid groups (broad SMARTS) is 1. The van der Waals surface area contributed by atoms with Crippen LogP contribution in [0.5, 0.6) is 5.75 Å². The highest BCUT2D eigenvalue weighted by atomic mass is 16.5. The molecule has 142 valence electrons. The topological polar surface area (TPSA) is 59.0 Å². The first-order valence-electron chi connectivity index (χ1n) is 9.11. The maximum atomic E-state index is 11.7. The van der Waals surface area contributed by atoms with Crippen LogP contribution in [-0.4, -0.2) is 37.4 Å². The lowest BCUT2D eigenvalue weighted by Gasteiger charge is -2.29. The van der Waals surface area contributed by atoms with Crippen LogP contribution in [0, 0.1) is 0 Å². The Morgan fingerprint density at radius 3 is 2.56 bits per heavy atom. The average molecular weight is 367 g/mol. The van der Waals surface area contributed by atoms with Crippen LogP contribution in [-0.2, 0) is 16.1 Å². The Kier molecular flexibility index (Phi) is 6.14. The summed E-state index contributed by atoms with van der Waals surface area (Å²) in [5.74, 6) is -0.153. The third-order valence-electron chi connectivity index (χ3n) is 4.59. The van der Waals surface area contributed by atoms with Crippen LogP contribution in [0.4, 0.5) is 5.69 Å². The normalized spacial score (nSPS) is 13.9. The predicted octanol–water partition coefficient (Wildman–Crippen LogP) is 3.98. The Morgan fingerprint density at radius 1 is 1.11 bits per heavy atom. The van der Waals surface area contributed by atoms with Crippen molar-refractivity contribution in [2.75, 3.05) is 31.2 Å². The van der Waals surface area contributed by atoms with Crippen molar-refractivity contribution >= 4 is 17.2 Å². The summed E-state index contributed by atoms with van der Waals surface area (Å²) in [6.07, 6.45) is 0. The van der Waals surface area contributed by atoms with E-state index >= 15 is 0 Å². The molecule has 0 spiro atoms. The second-order valence-electron chi connectivity index (χ2n) is 6.72. The summed E-state index contributed by atoms with van der Waals surface area (Å²) < 4.78 is 11.4. The van der Waals surface area contributed by atoms with Gasteiger partial charge in [0.15, 0.2) is 0 Å². The number of nitrogens with zero attached hydrogens (tertiary/aromatic N) is 1. The van der Waals surface area contributed by atoms with Gasteiger partial charge in [-0.15, -0.1) is 0 Å². The van der Waals surface area contributed by atoms with Crippen molar-refractivity contribution in [2.45, 2.75) is 20.5 Å². The summed E-state index contributed by atoms with van der Waals surface area (Å²) in [5, 5.41) is 9.57. The van der Waals surface area contributed by atoms with Gasteiger partial charge in [0, 0.05) is 24.8 Å². The van der Waals surface area contributed by atoms with Crippen molar-refractivity contribution in [3.8, 4) is 5.75 Å². The van der Waals surface area contributed by atoms with Crippen LogP contribution >= 0.6 is 0 Å². The molecule has 1 heterocycles. The molecule has 0 radical (unpaired) electrons. The number of benzene rings is 2. The molecule has 1 aliphatic rings. The van der Waals surface area contributed by atoms with E-state index in [1.54, 1.807) is 0 Å². The molecule has 0 bridgehead atoms. The van der Waals surface area contributed by atoms with E-state index in [2.05, 4.69) is 11.0 Å². The standard InChI is InChI=1S/C22H25NO4/c1-16(2)21(22(24)25)20-9-4-3-6-17(20)15-27-19-8-5-7-18(14-19)23-10-12-26-13-11-23/h3-9,14H,10-13,15H2,1-2H3,(H,24,25). The Bertz CT molecular complexity index is 834. The van der Waals surface area contributed by atoms with Crippen LogP contribution < -0.4 is 9.64 Å². The maximum Gasteiger partial charge on any atom is 0.336 e. The number of rotatable bonds is 6. The molecule has 1 fully saturated rings. The van der Waals surface area contributed by atoms with Gasteiger partial charge >= 0.3 is 5.97 Å². The van der Waals surface area contributed by atoms with Crippen molar-refractivity contribution in [3.05, 3.63) is 65.2 Å². The van der Waals surface area contributed by atoms with E-state index in [9.17, 15) is 9.90 Å². The lowest BCUT2D eigenvalue weighted by atomic mass is 9.97. The molecule has 0 aliphatic carbocycles. The fourth-order valence-corrected chi connectivity index (χ4v) is 3.24. The molecular formula is C22H25NO4. The summed E-state index contributed by atoms with van der Waals surface area (Å²) >= 11 is 0. The van der Waals surface area contributed by atoms with E-state index in [0.29, 0.717) is 17.7 Å². The second kappa shape index (κ2) is 8.73. The fraction of sp³-hybridized carbons (Fsp3) is 0.318. The van der Waals surface area contributed by atoms with Gasteiger partial charge in [0.1, 0.15) is 12.4 Å². The Morgan fingerprint density at radius 2 is 1.85 bits per heavy atom. The molecule has 1 saturated heterocycles. The van der Waals surface area contributed by atoms with Crippen molar-refractivity contribution < 1.29 is 19.4 Å². The van der Waals surface area contributed by atoms with Crippen molar-refractivity contribution in [1.82, 2.24) is 0 Å². The van der Waals surface area contributed by atoms with Gasteiger partial charge in [-0.25, -0.2) is 4.79 Å². The van der Waals surface area contributed by atoms with Crippen molar-refractivity contribution in [3.63, 3.8) is 0 Å². The van der Waals surface area contributed by atoms with Crippen LogP contribution in [0.1, 0.15) is 25.0 Å². The molecule has 5 nitrogen and oxygen atoms in total. The highest BCUT2D eigenvalue weighted by Crippen LogP contribution is 2.26. The van der Waals surface area contributed by atoms with Crippen LogP contribution in [0.15, 0.2) is 54.1 Å². The number of carbonyl (C=O) groups is 1. The number of carboxylic acids is 1. The van der Waals surface area contributed by atoms with Crippen LogP contribution in [0.3, 0.4) is 0 Å². The first-order valence-corrected chi connectivity index (χ1v) is 9.11. The van der Waals surface area contributed by atoms with Crippen LogP contribution in [0.25, 0.3) is 5.57 Å². The molecule has 27 heavy (non-hydrogen) atoms. The molecule has 2 aromatic carbocycles. The van der Waals surface area contributed by atoms with Gasteiger partial charge in [-0.1, -0.05) is 35.9 Å². The molecule has 5 heteroatoms. The maximum absolute atomic E-state index is 11.7. The molecule has 1 aliphatic heterocycles. The Hall–Kier alpha value is -2.79. The van der Waals surface area contributed by atoms with Gasteiger partial charge in [-0.2, -0.15) is 0 Å². The molecular weight excluding hydrogens is 342 g/mol. The minimum absolute atomic E-state index is 0.312. The summed E-state index contributed by atoms with van der Waals surface area (Å²) in [4.78, 5) is 13.9. The Balaban J connectivity index is 1.78. The Labute approximate surface area is 159 Å². The third kappa shape index (κ3) is 4.68. The SMILES string of the molecule is CC(C)=C(C(=O)O)c1ccccc1COc1cccc(N2CCOCC2)c1. The third-order valence-corrected chi connectivity index (χ3v) is 4.59. The first kappa shape index (κ1) is 19.0. The van der Waals surface area contributed by atoms with Gasteiger partial charge in [0.05, 0.1) is 18.8 Å². The van der Waals surface area contributed by atoms with Gasteiger partial charge < -0.3 is 19.5 Å². The largest absolute Gasteiger partial charge is 0.489 e. The van der Waals surface area contributed by atoms with Crippen LogP contribution in [0.2, 0.25) is 0 Å². The molecule has 1 N–H and O–H groups in total. The van der Waals surface area contributed by atoms with Gasteiger partial charge in [0.25, 0.3) is 0 Å². The highest BCUT2D eigenvalue weighted by Gasteiger charge is 2.16. The lowest BCUT2D eigenvalue weighted by Crippen LogP contribution is -2.36. The number of hydrogen-bond donors (Lipinski definition) is 1. The summed E-state index contributed by atoms with van der Waals surface area (Å²) in [7, 11) is 0. The predicted molar refractivity (Wildman–Crippen MR) is 106 cm³/mol. The zero-order chi connectivity index (χ0) is 19.2. The van der Waals surface area contributed by atoms with Gasteiger partial charge in [-0.05, 0) is 37.1 Å². The molecule has 3 rings (SSSR count). The van der Waals surface area contributed by atoms with E-state index in [0.717, 1.165) is 48.9 Å². The van der Waals surface area contributed by atoms with E-state index in [4.69, 9.17) is 9.47 Å². The summed E-state index contributed by atoms with van der Waals surface area (Å²) in [5.41, 5.74) is 3.77. The minimum atomic E-state index is -0.920. The molecule has 0 saturated carbocycles. The van der Waals surface area contributed by atoms with E-state index in [1.165, 1.54) is 0 Å². The molecule has 2 aromatic rings. The van der Waals surface area contributed by atoms with E-state index < -0.39 is 5.97 Å². The molecule has 0 amide bonds. The summed E-state index contributed by atoms with van der Waals surface area (Å²) in [6.45, 7) is 7.15. The number of aliphatic carboxylic acids is 1. The monoisotopic (exact) mass is 367 g/mol. The van der Waals surface area contributed by atoms with Gasteiger partial charge in [0.2, 0.25) is 0 Å². The van der Waals surface area contributed by atoms with Gasteiger partial charge in [-0.3, -0.25) is 0 Å². The minimum Gasteiger partial charge on any atom is -0.489 e. The second-order valence-corrected chi connectivity index (χ2v) is 6.72. The molecule has 0 aromatic heterocycles. The van der Waals surface area contributed by atoms with E-state index in [1.807, 2.05) is 56.3 Å². The fourth-order valence-electron chi connectivity index (χ4n) is 3.24. The average Bonchev–Trinajstić information content (AvgIpc) is 2.68. The summed E-state index contributed by atoms with van der Waals surface area (Å²) in [6, 6.07) is 15.5. The highest BCUT2D eigenvalue weighted by molar-refractivity contribution is 6.16.